The maximum atomic E-state index is 5.65. The Morgan fingerprint density at radius 3 is 2.53 bits per heavy atom. The summed E-state index contributed by atoms with van der Waals surface area (Å²) < 4.78 is 6.28. The number of aryl methyl sites for hydroxylation is 1. The van der Waals surface area contributed by atoms with Crippen molar-refractivity contribution in [3.8, 4) is 5.75 Å². The number of hydrogen-bond donors (Lipinski definition) is 2. The molecule has 0 spiro atoms. The zero-order valence-electron chi connectivity index (χ0n) is 10.7. The van der Waals surface area contributed by atoms with Crippen molar-refractivity contribution in [2.24, 2.45) is 5.84 Å². The second-order valence-corrected chi connectivity index (χ2v) is 6.74. The summed E-state index contributed by atoms with van der Waals surface area (Å²) in [6, 6.07) is 12.5. The molecule has 0 saturated carbocycles. The van der Waals surface area contributed by atoms with Gasteiger partial charge in [0.25, 0.3) is 0 Å². The highest BCUT2D eigenvalue weighted by atomic mass is 79.9. The minimum atomic E-state index is 0.193. The Hall–Kier alpha value is -0.880. The van der Waals surface area contributed by atoms with E-state index in [9.17, 15) is 0 Å². The monoisotopic (exact) mass is 340 g/mol. The third-order valence-corrected chi connectivity index (χ3v) is 4.76. The number of thiophene rings is 1. The first kappa shape index (κ1) is 14.5. The number of hydrogen-bond acceptors (Lipinski definition) is 4. The molecule has 0 fully saturated rings. The molecule has 0 aliphatic rings. The molecule has 0 aliphatic carbocycles. The lowest BCUT2D eigenvalue weighted by atomic mass is 10.0. The van der Waals surface area contributed by atoms with E-state index < -0.39 is 0 Å². The van der Waals surface area contributed by atoms with E-state index in [1.165, 1.54) is 10.4 Å². The van der Waals surface area contributed by atoms with Gasteiger partial charge in [-0.05, 0) is 58.6 Å². The molecule has 1 atom stereocenters. The van der Waals surface area contributed by atoms with Crippen molar-refractivity contribution in [1.82, 2.24) is 5.43 Å². The molecular weight excluding hydrogens is 324 g/mol. The fourth-order valence-electron chi connectivity index (χ4n) is 1.93. The van der Waals surface area contributed by atoms with Gasteiger partial charge in [0, 0.05) is 4.88 Å². The molecule has 3 N–H and O–H groups in total. The van der Waals surface area contributed by atoms with Crippen LogP contribution < -0.4 is 16.0 Å². The second-order valence-electron chi connectivity index (χ2n) is 4.25. The molecule has 1 aromatic heterocycles. The third-order valence-electron chi connectivity index (χ3n) is 3.02. The fourth-order valence-corrected chi connectivity index (χ4v) is 3.44. The maximum absolute atomic E-state index is 5.65. The molecule has 0 bridgehead atoms. The molecule has 102 valence electrons. The van der Waals surface area contributed by atoms with Crippen molar-refractivity contribution < 1.29 is 4.74 Å². The van der Waals surface area contributed by atoms with Crippen LogP contribution in [0, 0.1) is 0 Å². The highest BCUT2D eigenvalue weighted by Gasteiger charge is 2.12. The number of hydrazine groups is 1. The van der Waals surface area contributed by atoms with Crippen molar-refractivity contribution in [2.45, 2.75) is 18.9 Å². The van der Waals surface area contributed by atoms with Gasteiger partial charge in [-0.3, -0.25) is 11.3 Å². The topological polar surface area (TPSA) is 47.3 Å². The normalized spacial score (nSPS) is 12.4. The van der Waals surface area contributed by atoms with E-state index in [0.29, 0.717) is 0 Å². The van der Waals surface area contributed by atoms with E-state index in [2.05, 4.69) is 45.6 Å². The van der Waals surface area contributed by atoms with Crippen LogP contribution in [0.5, 0.6) is 5.75 Å². The van der Waals surface area contributed by atoms with Crippen LogP contribution in [0.2, 0.25) is 0 Å². The van der Waals surface area contributed by atoms with Crippen molar-refractivity contribution in [3.05, 3.63) is 50.6 Å². The lowest BCUT2D eigenvalue weighted by Crippen LogP contribution is -2.27. The number of benzene rings is 1. The second kappa shape index (κ2) is 7.05. The first-order valence-electron chi connectivity index (χ1n) is 6.07. The molecule has 19 heavy (non-hydrogen) atoms. The number of rotatable bonds is 6. The largest absolute Gasteiger partial charge is 0.497 e. The average molecular weight is 341 g/mol. The zero-order chi connectivity index (χ0) is 13.7. The minimum Gasteiger partial charge on any atom is -0.497 e. The molecule has 1 aromatic carbocycles. The summed E-state index contributed by atoms with van der Waals surface area (Å²) in [6.07, 6.45) is 1.95. The Bertz CT molecular complexity index is 512. The van der Waals surface area contributed by atoms with E-state index in [1.54, 1.807) is 18.4 Å². The Morgan fingerprint density at radius 2 is 2.00 bits per heavy atom. The molecule has 0 radical (unpaired) electrons. The number of nitrogens with two attached hydrogens (primary N) is 1. The molecule has 1 unspecified atom stereocenters. The zero-order valence-corrected chi connectivity index (χ0v) is 13.1. The van der Waals surface area contributed by atoms with Crippen LogP contribution >= 0.6 is 27.3 Å². The van der Waals surface area contributed by atoms with Crippen LogP contribution in [0.1, 0.15) is 22.9 Å². The Morgan fingerprint density at radius 1 is 1.26 bits per heavy atom. The molecule has 0 saturated heterocycles. The van der Waals surface area contributed by atoms with Crippen LogP contribution in [0.4, 0.5) is 0 Å². The van der Waals surface area contributed by atoms with E-state index in [4.69, 9.17) is 10.6 Å². The molecule has 0 amide bonds. The molecule has 3 nitrogen and oxygen atoms in total. The van der Waals surface area contributed by atoms with Gasteiger partial charge in [-0.1, -0.05) is 12.1 Å². The molecule has 1 heterocycles. The van der Waals surface area contributed by atoms with Gasteiger partial charge < -0.3 is 4.74 Å². The van der Waals surface area contributed by atoms with Gasteiger partial charge >= 0.3 is 0 Å². The molecule has 5 heteroatoms. The first-order chi connectivity index (χ1) is 9.22. The summed E-state index contributed by atoms with van der Waals surface area (Å²) in [6.45, 7) is 0. The van der Waals surface area contributed by atoms with Gasteiger partial charge in [-0.15, -0.1) is 11.3 Å². The Balaban J connectivity index is 1.95. The molecule has 2 rings (SSSR count). The van der Waals surface area contributed by atoms with Gasteiger partial charge in [0.05, 0.1) is 16.9 Å². The van der Waals surface area contributed by atoms with Crippen LogP contribution in [0.25, 0.3) is 0 Å². The van der Waals surface area contributed by atoms with Crippen molar-refractivity contribution in [3.63, 3.8) is 0 Å². The SMILES string of the molecule is COc1ccc(CCC(NN)c2ccc(Br)s2)cc1. The summed E-state index contributed by atoms with van der Waals surface area (Å²) in [5.41, 5.74) is 4.18. The van der Waals surface area contributed by atoms with Crippen molar-refractivity contribution in [1.29, 1.82) is 0 Å². The van der Waals surface area contributed by atoms with Crippen LogP contribution in [-0.2, 0) is 6.42 Å². The number of ether oxygens (including phenoxy) is 1. The smallest absolute Gasteiger partial charge is 0.118 e. The maximum Gasteiger partial charge on any atom is 0.118 e. The first-order valence-corrected chi connectivity index (χ1v) is 7.68. The van der Waals surface area contributed by atoms with Crippen LogP contribution in [0.3, 0.4) is 0 Å². The highest BCUT2D eigenvalue weighted by molar-refractivity contribution is 9.11. The predicted molar refractivity (Wildman–Crippen MR) is 83.4 cm³/mol. The lowest BCUT2D eigenvalue weighted by Gasteiger charge is -2.14. The summed E-state index contributed by atoms with van der Waals surface area (Å²) in [4.78, 5) is 1.25. The third kappa shape index (κ3) is 4.04. The van der Waals surface area contributed by atoms with Gasteiger partial charge in [0.2, 0.25) is 0 Å². The number of halogens is 1. The summed E-state index contributed by atoms with van der Waals surface area (Å²) in [7, 11) is 1.68. The van der Waals surface area contributed by atoms with Gasteiger partial charge in [0.15, 0.2) is 0 Å². The van der Waals surface area contributed by atoms with E-state index >= 15 is 0 Å². The summed E-state index contributed by atoms with van der Waals surface area (Å²) in [5.74, 6) is 6.53. The van der Waals surface area contributed by atoms with E-state index in [0.717, 1.165) is 22.4 Å². The average Bonchev–Trinajstić information content (AvgIpc) is 2.87. The Kier molecular flexibility index (Phi) is 5.39. The van der Waals surface area contributed by atoms with Gasteiger partial charge in [-0.25, -0.2) is 0 Å². The number of methoxy groups -OCH3 is 1. The molecular formula is C14H17BrN2OS. The standard InChI is InChI=1S/C14H17BrN2OS/c1-18-11-5-2-10(3-6-11)4-7-12(17-16)13-8-9-14(15)19-13/h2-3,5-6,8-9,12,17H,4,7,16H2,1H3. The fraction of sp³-hybridized carbons (Fsp3) is 0.286. The van der Waals surface area contributed by atoms with Crippen LogP contribution in [-0.4, -0.2) is 7.11 Å². The summed E-state index contributed by atoms with van der Waals surface area (Å²) in [5, 5.41) is 0. The van der Waals surface area contributed by atoms with Gasteiger partial charge in [0.1, 0.15) is 5.75 Å². The predicted octanol–water partition coefficient (Wildman–Crippen LogP) is 3.66. The van der Waals surface area contributed by atoms with E-state index in [-0.39, 0.29) is 6.04 Å². The van der Waals surface area contributed by atoms with Crippen molar-refractivity contribution >= 4 is 27.3 Å². The molecule has 0 aliphatic heterocycles. The summed E-state index contributed by atoms with van der Waals surface area (Å²) >= 11 is 5.19. The van der Waals surface area contributed by atoms with E-state index in [1.807, 2.05) is 12.1 Å². The highest BCUT2D eigenvalue weighted by Crippen LogP contribution is 2.29. The van der Waals surface area contributed by atoms with Gasteiger partial charge in [-0.2, -0.15) is 0 Å². The lowest BCUT2D eigenvalue weighted by molar-refractivity contribution is 0.414. The minimum absolute atomic E-state index is 0.193. The van der Waals surface area contributed by atoms with Crippen molar-refractivity contribution in [2.75, 3.05) is 7.11 Å². The van der Waals surface area contributed by atoms with Crippen LogP contribution in [0.15, 0.2) is 40.2 Å². The molecule has 2 aromatic rings. The Labute approximate surface area is 125 Å². The quantitative estimate of drug-likeness (QED) is 0.623. The number of nitrogens with one attached hydrogen (secondary N) is 1.